The van der Waals surface area contributed by atoms with Gasteiger partial charge in [-0.25, -0.2) is 0 Å². The van der Waals surface area contributed by atoms with Gasteiger partial charge in [0.25, 0.3) is 5.91 Å². The van der Waals surface area contributed by atoms with Crippen LogP contribution < -0.4 is 5.32 Å². The monoisotopic (exact) mass is 333 g/mol. The highest BCUT2D eigenvalue weighted by Crippen LogP contribution is 2.30. The Balaban J connectivity index is 1.77. The van der Waals surface area contributed by atoms with Crippen molar-refractivity contribution < 1.29 is 4.79 Å². The second-order valence-corrected chi connectivity index (χ2v) is 6.70. The van der Waals surface area contributed by atoms with Crippen molar-refractivity contribution in [2.45, 2.75) is 45.6 Å². The van der Waals surface area contributed by atoms with E-state index in [1.165, 1.54) is 25.7 Å². The molecule has 0 aliphatic heterocycles. The maximum Gasteiger partial charge on any atom is 0.266 e. The topological polar surface area (TPSA) is 57.8 Å². The third kappa shape index (κ3) is 3.83. The number of rotatable bonds is 4. The summed E-state index contributed by atoms with van der Waals surface area (Å²) >= 11 is 0. The molecule has 1 aromatic heterocycles. The number of aryl methyl sites for hydroxylation is 1. The van der Waals surface area contributed by atoms with Gasteiger partial charge in [0, 0.05) is 24.1 Å². The largest absolute Gasteiger partial charge is 0.351 e. The van der Waals surface area contributed by atoms with Gasteiger partial charge in [0.2, 0.25) is 0 Å². The predicted octanol–water partition coefficient (Wildman–Crippen LogP) is 4.77. The Labute approximate surface area is 148 Å². The minimum Gasteiger partial charge on any atom is -0.351 e. The zero-order valence-corrected chi connectivity index (χ0v) is 14.7. The molecular weight excluding hydrogens is 310 g/mol. The molecule has 1 fully saturated rings. The van der Waals surface area contributed by atoms with E-state index in [1.54, 1.807) is 6.08 Å². The zero-order valence-electron chi connectivity index (χ0n) is 14.7. The van der Waals surface area contributed by atoms with Crippen molar-refractivity contribution in [3.63, 3.8) is 0 Å². The summed E-state index contributed by atoms with van der Waals surface area (Å²) < 4.78 is 2.20. The van der Waals surface area contributed by atoms with Gasteiger partial charge in [-0.2, -0.15) is 5.26 Å². The molecule has 1 N–H and O–H groups in total. The third-order valence-corrected chi connectivity index (χ3v) is 5.01. The molecule has 3 rings (SSSR count). The standard InChI is InChI=1S/C21H23N3O/c1-15-6-5-9-20(16(15)2)23-21(25)18(13-22)12-17-10-11-24(14-17)19-7-3-4-8-19/h5-6,9-12,14,19H,3-4,7-8H2,1-2H3,(H,23,25)/b18-12+. The van der Waals surface area contributed by atoms with E-state index < -0.39 is 0 Å². The molecule has 0 saturated heterocycles. The van der Waals surface area contributed by atoms with Crippen LogP contribution in [-0.4, -0.2) is 10.5 Å². The second-order valence-electron chi connectivity index (χ2n) is 6.70. The van der Waals surface area contributed by atoms with E-state index >= 15 is 0 Å². The van der Waals surface area contributed by atoms with Crippen molar-refractivity contribution in [2.75, 3.05) is 5.32 Å². The molecule has 0 atom stereocenters. The maximum absolute atomic E-state index is 12.5. The summed E-state index contributed by atoms with van der Waals surface area (Å²) in [5.74, 6) is -0.371. The Kier molecular flexibility index (Phi) is 5.04. The Bertz CT molecular complexity index is 848. The summed E-state index contributed by atoms with van der Waals surface area (Å²) in [5.41, 5.74) is 3.87. The smallest absolute Gasteiger partial charge is 0.266 e. The summed E-state index contributed by atoms with van der Waals surface area (Å²) in [6, 6.07) is 10.3. The number of carbonyl (C=O) groups is 1. The lowest BCUT2D eigenvalue weighted by Gasteiger charge is -2.10. The number of nitrogens with one attached hydrogen (secondary N) is 1. The van der Waals surface area contributed by atoms with Gasteiger partial charge >= 0.3 is 0 Å². The van der Waals surface area contributed by atoms with Crippen LogP contribution in [0.4, 0.5) is 5.69 Å². The summed E-state index contributed by atoms with van der Waals surface area (Å²) in [6.07, 6.45) is 10.7. The van der Waals surface area contributed by atoms with Crippen LogP contribution in [0.5, 0.6) is 0 Å². The summed E-state index contributed by atoms with van der Waals surface area (Å²) in [5, 5.41) is 12.2. The molecule has 1 heterocycles. The molecule has 1 aliphatic carbocycles. The molecule has 0 bridgehead atoms. The van der Waals surface area contributed by atoms with E-state index in [2.05, 4.69) is 9.88 Å². The van der Waals surface area contributed by atoms with Gasteiger partial charge in [-0.15, -0.1) is 0 Å². The highest BCUT2D eigenvalue weighted by atomic mass is 16.1. The molecule has 1 aromatic carbocycles. The number of aromatic nitrogens is 1. The minimum absolute atomic E-state index is 0.116. The molecule has 1 amide bonds. The Hall–Kier alpha value is -2.80. The van der Waals surface area contributed by atoms with E-state index in [4.69, 9.17) is 0 Å². The Morgan fingerprint density at radius 3 is 2.76 bits per heavy atom. The maximum atomic E-state index is 12.5. The van der Waals surface area contributed by atoms with Crippen LogP contribution in [0.2, 0.25) is 0 Å². The number of carbonyl (C=O) groups excluding carboxylic acids is 1. The fourth-order valence-electron chi connectivity index (χ4n) is 3.34. The number of hydrogen-bond acceptors (Lipinski definition) is 2. The third-order valence-electron chi connectivity index (χ3n) is 5.01. The number of anilines is 1. The van der Waals surface area contributed by atoms with Crippen LogP contribution in [0.3, 0.4) is 0 Å². The van der Waals surface area contributed by atoms with Crippen LogP contribution in [0.1, 0.15) is 48.4 Å². The highest BCUT2D eigenvalue weighted by molar-refractivity contribution is 6.10. The number of nitrogens with zero attached hydrogens (tertiary/aromatic N) is 2. The van der Waals surface area contributed by atoms with Crippen molar-refractivity contribution in [3.8, 4) is 6.07 Å². The molecule has 2 aromatic rings. The molecular formula is C21H23N3O. The van der Waals surface area contributed by atoms with Gasteiger partial charge in [0.05, 0.1) is 0 Å². The van der Waals surface area contributed by atoms with Crippen LogP contribution in [0.15, 0.2) is 42.2 Å². The lowest BCUT2D eigenvalue weighted by molar-refractivity contribution is -0.112. The SMILES string of the molecule is Cc1cccc(NC(=O)/C(C#N)=C/c2ccn(C3CCCC3)c2)c1C. The number of amides is 1. The number of nitriles is 1. The summed E-state index contributed by atoms with van der Waals surface area (Å²) in [4.78, 5) is 12.5. The second kappa shape index (κ2) is 7.40. The van der Waals surface area contributed by atoms with Crippen molar-refractivity contribution in [1.82, 2.24) is 4.57 Å². The number of benzene rings is 1. The van der Waals surface area contributed by atoms with Crippen molar-refractivity contribution in [3.05, 3.63) is 58.9 Å². The molecule has 25 heavy (non-hydrogen) atoms. The fourth-order valence-corrected chi connectivity index (χ4v) is 3.34. The van der Waals surface area contributed by atoms with Gasteiger partial charge in [-0.05, 0) is 61.6 Å². The molecule has 1 aliphatic rings. The van der Waals surface area contributed by atoms with Crippen molar-refractivity contribution >= 4 is 17.7 Å². The van der Waals surface area contributed by atoms with Crippen molar-refractivity contribution in [1.29, 1.82) is 5.26 Å². The van der Waals surface area contributed by atoms with Gasteiger partial charge in [0.15, 0.2) is 0 Å². The van der Waals surface area contributed by atoms with E-state index in [0.717, 1.165) is 22.4 Å². The quantitative estimate of drug-likeness (QED) is 0.647. The van der Waals surface area contributed by atoms with Gasteiger partial charge < -0.3 is 9.88 Å². The molecule has 128 valence electrons. The van der Waals surface area contributed by atoms with E-state index in [-0.39, 0.29) is 11.5 Å². The van der Waals surface area contributed by atoms with Gasteiger partial charge in [0.1, 0.15) is 11.6 Å². The van der Waals surface area contributed by atoms with E-state index in [1.807, 2.05) is 56.6 Å². The van der Waals surface area contributed by atoms with Gasteiger partial charge in [-0.1, -0.05) is 25.0 Å². The van der Waals surface area contributed by atoms with Crippen LogP contribution in [0.25, 0.3) is 6.08 Å². The lowest BCUT2D eigenvalue weighted by atomic mass is 10.1. The highest BCUT2D eigenvalue weighted by Gasteiger charge is 2.17. The first-order chi connectivity index (χ1) is 12.1. The average molecular weight is 333 g/mol. The molecule has 0 spiro atoms. The Morgan fingerprint density at radius 1 is 1.28 bits per heavy atom. The fraction of sp³-hybridized carbons (Fsp3) is 0.333. The van der Waals surface area contributed by atoms with E-state index in [9.17, 15) is 10.1 Å². The average Bonchev–Trinajstić information content (AvgIpc) is 3.27. The molecule has 4 heteroatoms. The van der Waals surface area contributed by atoms with E-state index in [0.29, 0.717) is 6.04 Å². The number of hydrogen-bond donors (Lipinski definition) is 1. The molecule has 0 radical (unpaired) electrons. The molecule has 4 nitrogen and oxygen atoms in total. The van der Waals surface area contributed by atoms with Crippen LogP contribution in [0, 0.1) is 25.2 Å². The molecule has 1 saturated carbocycles. The molecule has 0 unspecified atom stereocenters. The normalized spacial score (nSPS) is 15.2. The predicted molar refractivity (Wildman–Crippen MR) is 100 cm³/mol. The summed E-state index contributed by atoms with van der Waals surface area (Å²) in [7, 11) is 0. The summed E-state index contributed by atoms with van der Waals surface area (Å²) in [6.45, 7) is 3.96. The first-order valence-electron chi connectivity index (χ1n) is 8.75. The minimum atomic E-state index is -0.371. The van der Waals surface area contributed by atoms with Crippen LogP contribution >= 0.6 is 0 Å². The van der Waals surface area contributed by atoms with Crippen LogP contribution in [-0.2, 0) is 4.79 Å². The first-order valence-corrected chi connectivity index (χ1v) is 8.75. The van der Waals surface area contributed by atoms with Gasteiger partial charge in [-0.3, -0.25) is 4.79 Å². The first kappa shape index (κ1) is 17.0. The Morgan fingerprint density at radius 2 is 2.04 bits per heavy atom. The van der Waals surface area contributed by atoms with Crippen molar-refractivity contribution in [2.24, 2.45) is 0 Å². The zero-order chi connectivity index (χ0) is 17.8. The lowest BCUT2D eigenvalue weighted by Crippen LogP contribution is -2.14.